The van der Waals surface area contributed by atoms with Gasteiger partial charge in [-0.2, -0.15) is 13.2 Å². The van der Waals surface area contributed by atoms with E-state index in [1.54, 1.807) is 18.2 Å². The summed E-state index contributed by atoms with van der Waals surface area (Å²) < 4.78 is 46.4. The Hall–Kier alpha value is -3.03. The third-order valence-corrected chi connectivity index (χ3v) is 6.92. The van der Waals surface area contributed by atoms with Crippen LogP contribution >= 0.6 is 11.6 Å². The van der Waals surface area contributed by atoms with Crippen LogP contribution in [0.15, 0.2) is 84.2 Å². The molecule has 0 heterocycles. The zero-order chi connectivity index (χ0) is 28.4. The first-order valence-electron chi connectivity index (χ1n) is 13.1. The number of ether oxygens (including phenoxy) is 1. The molecule has 1 aliphatic carbocycles. The lowest BCUT2D eigenvalue weighted by molar-refractivity contribution is -0.137. The number of carbonyl (C=O) groups is 1. The number of aliphatic carboxylic acids is 1. The molecule has 4 nitrogen and oxygen atoms in total. The molecule has 2 aromatic rings. The van der Waals surface area contributed by atoms with Crippen LogP contribution in [0.2, 0.25) is 5.02 Å². The second-order valence-electron chi connectivity index (χ2n) is 10.2. The van der Waals surface area contributed by atoms with Gasteiger partial charge in [0.05, 0.1) is 17.2 Å². The van der Waals surface area contributed by atoms with E-state index in [4.69, 9.17) is 21.4 Å². The molecule has 8 heteroatoms. The van der Waals surface area contributed by atoms with Crippen LogP contribution in [0.3, 0.4) is 0 Å². The van der Waals surface area contributed by atoms with E-state index in [9.17, 15) is 18.0 Å². The van der Waals surface area contributed by atoms with Crippen LogP contribution in [0.4, 0.5) is 13.2 Å². The Kier molecular flexibility index (Phi) is 11.3. The molecule has 0 bridgehead atoms. The van der Waals surface area contributed by atoms with Crippen molar-refractivity contribution >= 4 is 17.6 Å². The Labute approximate surface area is 233 Å². The van der Waals surface area contributed by atoms with Crippen molar-refractivity contribution in [2.45, 2.75) is 51.7 Å². The molecule has 210 valence electrons. The summed E-state index contributed by atoms with van der Waals surface area (Å²) in [6.07, 6.45) is 3.91. The number of rotatable bonds is 13. The van der Waals surface area contributed by atoms with Crippen molar-refractivity contribution in [2.24, 2.45) is 5.92 Å². The van der Waals surface area contributed by atoms with Crippen LogP contribution in [0.25, 0.3) is 0 Å². The number of hydrogen-bond acceptors (Lipinski definition) is 3. The number of carboxylic acids is 1. The number of allylic oxidation sites excluding steroid dienone is 4. The predicted octanol–water partition coefficient (Wildman–Crippen LogP) is 8.25. The number of nitrogens with zero attached hydrogens (tertiary/aromatic N) is 1. The maximum absolute atomic E-state index is 13.5. The highest BCUT2D eigenvalue weighted by molar-refractivity contribution is 6.32. The predicted molar refractivity (Wildman–Crippen MR) is 148 cm³/mol. The van der Waals surface area contributed by atoms with E-state index in [1.165, 1.54) is 11.6 Å². The summed E-state index contributed by atoms with van der Waals surface area (Å²) in [6, 6.07) is 14.2. The number of benzene rings is 2. The standard InChI is InChI=1S/C31H35ClF3NO3/c1-22(2)17-26(24-10-4-3-5-11-24)21-36(20-25-12-7-14-28(30(25)32)31(33,34)35)15-8-16-39-27-13-6-9-23(18-27)19-29(37)38/h3-7,9-14,19,22,26H,8,15-18,20-21H2,1-2H3,(H,37,38)/t26-/m0/s1. The number of hydrogen-bond donors (Lipinski definition) is 1. The molecule has 0 amide bonds. The van der Waals surface area contributed by atoms with E-state index in [2.05, 4.69) is 30.9 Å². The van der Waals surface area contributed by atoms with Crippen LogP contribution in [0, 0.1) is 5.92 Å². The molecule has 3 rings (SSSR count). The van der Waals surface area contributed by atoms with Crippen LogP contribution in [0.1, 0.15) is 55.7 Å². The summed E-state index contributed by atoms with van der Waals surface area (Å²) in [5.74, 6) is 0.317. The van der Waals surface area contributed by atoms with Crippen LogP contribution in [-0.2, 0) is 22.3 Å². The fourth-order valence-electron chi connectivity index (χ4n) is 4.76. The summed E-state index contributed by atoms with van der Waals surface area (Å²) >= 11 is 6.26. The second kappa shape index (κ2) is 14.4. The maximum Gasteiger partial charge on any atom is 0.417 e. The Bertz CT molecular complexity index is 1190. The molecule has 1 atom stereocenters. The van der Waals surface area contributed by atoms with E-state index >= 15 is 0 Å². The first-order valence-corrected chi connectivity index (χ1v) is 13.5. The first-order chi connectivity index (χ1) is 18.5. The van der Waals surface area contributed by atoms with E-state index in [-0.39, 0.29) is 17.5 Å². The second-order valence-corrected chi connectivity index (χ2v) is 10.6. The molecule has 1 aliphatic rings. The van der Waals surface area contributed by atoms with Gasteiger partial charge in [0.25, 0.3) is 0 Å². The molecule has 0 spiro atoms. The van der Waals surface area contributed by atoms with Crippen LogP contribution in [-0.4, -0.2) is 35.7 Å². The fraction of sp³-hybridized carbons (Fsp3) is 0.387. The molecule has 0 fully saturated rings. The van der Waals surface area contributed by atoms with Gasteiger partial charge < -0.3 is 9.84 Å². The molecule has 1 N–H and O–H groups in total. The van der Waals surface area contributed by atoms with E-state index in [0.29, 0.717) is 55.4 Å². The van der Waals surface area contributed by atoms with Gasteiger partial charge in [0.2, 0.25) is 0 Å². The minimum atomic E-state index is -4.52. The van der Waals surface area contributed by atoms with Gasteiger partial charge in [0.1, 0.15) is 5.76 Å². The summed E-state index contributed by atoms with van der Waals surface area (Å²) in [4.78, 5) is 13.1. The number of alkyl halides is 3. The lowest BCUT2D eigenvalue weighted by Crippen LogP contribution is -2.31. The Morgan fingerprint density at radius 3 is 2.56 bits per heavy atom. The summed E-state index contributed by atoms with van der Waals surface area (Å²) in [7, 11) is 0. The molecule has 0 saturated carbocycles. The third-order valence-electron chi connectivity index (χ3n) is 6.47. The smallest absolute Gasteiger partial charge is 0.417 e. The average molecular weight is 562 g/mol. The molecule has 0 radical (unpaired) electrons. The molecule has 0 unspecified atom stereocenters. The molecule has 0 saturated heterocycles. The zero-order valence-electron chi connectivity index (χ0n) is 22.3. The molecule has 0 aliphatic heterocycles. The molecule has 2 aromatic carbocycles. The maximum atomic E-state index is 13.5. The quantitative estimate of drug-likeness (QED) is 0.197. The first kappa shape index (κ1) is 30.5. The van der Waals surface area contributed by atoms with Crippen molar-refractivity contribution in [3.63, 3.8) is 0 Å². The van der Waals surface area contributed by atoms with Crippen molar-refractivity contribution in [2.75, 3.05) is 19.7 Å². The van der Waals surface area contributed by atoms with Crippen molar-refractivity contribution in [3.8, 4) is 0 Å². The highest BCUT2D eigenvalue weighted by Gasteiger charge is 2.34. The normalized spacial score (nSPS) is 15.6. The van der Waals surface area contributed by atoms with Crippen LogP contribution in [0.5, 0.6) is 0 Å². The largest absolute Gasteiger partial charge is 0.498 e. The monoisotopic (exact) mass is 561 g/mol. The average Bonchev–Trinajstić information content (AvgIpc) is 2.86. The lowest BCUT2D eigenvalue weighted by Gasteiger charge is -2.30. The van der Waals surface area contributed by atoms with Crippen molar-refractivity contribution in [1.29, 1.82) is 0 Å². The van der Waals surface area contributed by atoms with Gasteiger partial charge in [-0.15, -0.1) is 0 Å². The SMILES string of the molecule is CC(C)C[C@@H](CN(CCCOC1=CC=CC(=CC(=O)O)C1)Cc1cccc(C(F)(F)F)c1Cl)c1ccccc1. The van der Waals surface area contributed by atoms with Crippen molar-refractivity contribution < 1.29 is 27.8 Å². The lowest BCUT2D eigenvalue weighted by atomic mass is 9.89. The van der Waals surface area contributed by atoms with Gasteiger partial charge in [-0.25, -0.2) is 4.79 Å². The van der Waals surface area contributed by atoms with Gasteiger partial charge in [0.15, 0.2) is 0 Å². The van der Waals surface area contributed by atoms with Gasteiger partial charge in [-0.3, -0.25) is 4.90 Å². The topological polar surface area (TPSA) is 49.8 Å². The highest BCUT2D eigenvalue weighted by atomic mass is 35.5. The Morgan fingerprint density at radius 1 is 1.15 bits per heavy atom. The third kappa shape index (κ3) is 9.90. The fourth-order valence-corrected chi connectivity index (χ4v) is 5.06. The molecular formula is C31H35ClF3NO3. The van der Waals surface area contributed by atoms with Gasteiger partial charge in [-0.05, 0) is 53.5 Å². The van der Waals surface area contributed by atoms with Gasteiger partial charge in [-0.1, -0.05) is 80.1 Å². The van der Waals surface area contributed by atoms with Gasteiger partial charge >= 0.3 is 12.1 Å². The van der Waals surface area contributed by atoms with Crippen LogP contribution < -0.4 is 0 Å². The van der Waals surface area contributed by atoms with E-state index < -0.39 is 17.7 Å². The summed E-state index contributed by atoms with van der Waals surface area (Å²) in [5, 5.41) is 8.73. The molecule has 39 heavy (non-hydrogen) atoms. The molecular weight excluding hydrogens is 527 g/mol. The van der Waals surface area contributed by atoms with Gasteiger partial charge in [0, 0.05) is 32.1 Å². The minimum Gasteiger partial charge on any atom is -0.498 e. The Morgan fingerprint density at radius 2 is 1.90 bits per heavy atom. The summed E-state index contributed by atoms with van der Waals surface area (Å²) in [5.41, 5.74) is 1.46. The molecule has 0 aromatic heterocycles. The van der Waals surface area contributed by atoms with E-state index in [0.717, 1.165) is 18.6 Å². The van der Waals surface area contributed by atoms with Crippen molar-refractivity contribution in [3.05, 3.63) is 106 Å². The number of carboxylic acid groups (broad SMARTS) is 1. The summed E-state index contributed by atoms with van der Waals surface area (Å²) in [6.45, 7) is 6.25. The van der Waals surface area contributed by atoms with Crippen molar-refractivity contribution in [1.82, 2.24) is 4.90 Å². The zero-order valence-corrected chi connectivity index (χ0v) is 23.0. The highest BCUT2D eigenvalue weighted by Crippen LogP contribution is 2.37. The van der Waals surface area contributed by atoms with E-state index in [1.807, 2.05) is 24.3 Å². The number of halogens is 4. The Balaban J connectivity index is 1.74. The minimum absolute atomic E-state index is 0.201.